The Labute approximate surface area is 160 Å². The summed E-state index contributed by atoms with van der Waals surface area (Å²) in [5.41, 5.74) is 2.17. The molecule has 1 N–H and O–H groups in total. The van der Waals surface area contributed by atoms with E-state index in [0.717, 1.165) is 18.4 Å². The number of carbonyl (C=O) groups is 2. The van der Waals surface area contributed by atoms with Gasteiger partial charge in [-0.3, -0.25) is 4.79 Å². The summed E-state index contributed by atoms with van der Waals surface area (Å²) in [5, 5.41) is 2.72. The average molecular weight is 369 g/mol. The number of hydrogen-bond acceptors (Lipinski definition) is 4. The fraction of sp³-hybridized carbons (Fsp3) is 0.364. The van der Waals surface area contributed by atoms with Gasteiger partial charge in [-0.15, -0.1) is 0 Å². The minimum absolute atomic E-state index is 0.0215. The molecule has 1 amide bonds. The quantitative estimate of drug-likeness (QED) is 0.689. The topological polar surface area (TPSA) is 64.6 Å². The van der Waals surface area contributed by atoms with E-state index in [1.54, 1.807) is 0 Å². The maximum Gasteiger partial charge on any atom is 0.328 e. The van der Waals surface area contributed by atoms with Crippen LogP contribution in [0, 0.1) is 5.92 Å². The van der Waals surface area contributed by atoms with Crippen LogP contribution in [0.25, 0.3) is 0 Å². The van der Waals surface area contributed by atoms with E-state index < -0.39 is 12.0 Å². The van der Waals surface area contributed by atoms with Gasteiger partial charge in [0, 0.05) is 6.42 Å². The molecule has 0 bridgehead atoms. The van der Waals surface area contributed by atoms with Crippen molar-refractivity contribution < 1.29 is 19.1 Å². The lowest BCUT2D eigenvalue weighted by Crippen LogP contribution is -2.47. The second-order valence-electron chi connectivity index (χ2n) is 6.51. The third kappa shape index (κ3) is 6.13. The third-order valence-corrected chi connectivity index (χ3v) is 4.55. The summed E-state index contributed by atoms with van der Waals surface area (Å²) in [7, 11) is 1.32. The van der Waals surface area contributed by atoms with Crippen molar-refractivity contribution in [1.82, 2.24) is 5.32 Å². The van der Waals surface area contributed by atoms with Crippen molar-refractivity contribution in [3.8, 4) is 5.75 Å². The van der Waals surface area contributed by atoms with E-state index in [0.29, 0.717) is 5.75 Å². The molecule has 2 aromatic rings. The number of para-hydroxylation sites is 1. The van der Waals surface area contributed by atoms with Crippen LogP contribution in [0.5, 0.6) is 5.75 Å². The predicted molar refractivity (Wildman–Crippen MR) is 105 cm³/mol. The molecular formula is C22H27NO4. The zero-order valence-corrected chi connectivity index (χ0v) is 16.1. The van der Waals surface area contributed by atoms with Crippen LogP contribution < -0.4 is 10.1 Å². The lowest BCUT2D eigenvalue weighted by Gasteiger charge is -2.22. The second-order valence-corrected chi connectivity index (χ2v) is 6.51. The Kier molecular flexibility index (Phi) is 7.86. The smallest absolute Gasteiger partial charge is 0.328 e. The van der Waals surface area contributed by atoms with Crippen molar-refractivity contribution in [3.05, 3.63) is 65.7 Å². The molecular weight excluding hydrogens is 342 g/mol. The van der Waals surface area contributed by atoms with Crippen LogP contribution in [-0.4, -0.2) is 31.6 Å². The van der Waals surface area contributed by atoms with Crippen LogP contribution in [0.15, 0.2) is 54.6 Å². The van der Waals surface area contributed by atoms with Gasteiger partial charge in [0.25, 0.3) is 5.91 Å². The van der Waals surface area contributed by atoms with Crippen molar-refractivity contribution in [2.24, 2.45) is 5.92 Å². The molecule has 5 nitrogen and oxygen atoms in total. The number of rotatable bonds is 9. The highest BCUT2D eigenvalue weighted by Crippen LogP contribution is 2.21. The number of ether oxygens (including phenoxy) is 2. The van der Waals surface area contributed by atoms with Crippen LogP contribution in [0.4, 0.5) is 0 Å². The molecule has 0 fully saturated rings. The lowest BCUT2D eigenvalue weighted by atomic mass is 9.99. The third-order valence-electron chi connectivity index (χ3n) is 4.55. The molecule has 2 unspecified atom stereocenters. The summed E-state index contributed by atoms with van der Waals surface area (Å²) < 4.78 is 10.5. The molecule has 27 heavy (non-hydrogen) atoms. The van der Waals surface area contributed by atoms with E-state index in [2.05, 4.69) is 17.4 Å². The minimum atomic E-state index is -0.671. The normalized spacial score (nSPS) is 12.7. The molecule has 0 aromatic heterocycles. The number of hydrogen-bond donors (Lipinski definition) is 1. The molecule has 2 rings (SSSR count). The fourth-order valence-electron chi connectivity index (χ4n) is 2.76. The summed E-state index contributed by atoms with van der Waals surface area (Å²) in [5.74, 6) is -0.149. The zero-order chi connectivity index (χ0) is 19.6. The van der Waals surface area contributed by atoms with Crippen molar-refractivity contribution in [3.63, 3.8) is 0 Å². The van der Waals surface area contributed by atoms with Gasteiger partial charge in [-0.1, -0.05) is 68.8 Å². The highest BCUT2D eigenvalue weighted by Gasteiger charge is 2.26. The lowest BCUT2D eigenvalue weighted by molar-refractivity contribution is -0.146. The van der Waals surface area contributed by atoms with Gasteiger partial charge in [0.2, 0.25) is 0 Å². The molecule has 0 saturated carbocycles. The molecule has 0 aliphatic rings. The Morgan fingerprint density at radius 3 is 2.37 bits per heavy atom. The number of methoxy groups -OCH3 is 1. The van der Waals surface area contributed by atoms with Gasteiger partial charge in [-0.25, -0.2) is 4.79 Å². The Morgan fingerprint density at radius 2 is 1.70 bits per heavy atom. The van der Waals surface area contributed by atoms with E-state index in [9.17, 15) is 9.59 Å². The first-order valence-electron chi connectivity index (χ1n) is 9.17. The molecule has 0 spiro atoms. The van der Waals surface area contributed by atoms with Gasteiger partial charge in [-0.05, 0) is 23.1 Å². The Bertz CT molecular complexity index is 745. The van der Waals surface area contributed by atoms with Crippen molar-refractivity contribution in [2.75, 3.05) is 13.7 Å². The predicted octanol–water partition coefficient (Wildman–Crippen LogP) is 3.36. The first-order chi connectivity index (χ1) is 13.0. The van der Waals surface area contributed by atoms with Crippen LogP contribution in [-0.2, 0) is 20.7 Å². The SMILES string of the molecule is CCC(C)C(NC(=O)COc1ccccc1Cc1ccccc1)C(=O)OC. The Hall–Kier alpha value is -2.82. The fourth-order valence-corrected chi connectivity index (χ4v) is 2.76. The molecule has 0 aliphatic heterocycles. The monoisotopic (exact) mass is 369 g/mol. The van der Waals surface area contributed by atoms with Crippen LogP contribution >= 0.6 is 0 Å². The van der Waals surface area contributed by atoms with E-state index in [-0.39, 0.29) is 18.4 Å². The van der Waals surface area contributed by atoms with E-state index in [4.69, 9.17) is 9.47 Å². The number of benzene rings is 2. The second kappa shape index (κ2) is 10.4. The van der Waals surface area contributed by atoms with Gasteiger partial charge in [0.05, 0.1) is 7.11 Å². The molecule has 144 valence electrons. The molecule has 0 radical (unpaired) electrons. The van der Waals surface area contributed by atoms with Crippen LogP contribution in [0.2, 0.25) is 0 Å². The number of carbonyl (C=O) groups excluding carboxylic acids is 2. The standard InChI is InChI=1S/C22H27NO4/c1-4-16(2)21(22(25)26-3)23-20(24)15-27-19-13-9-8-12-18(19)14-17-10-6-5-7-11-17/h5-13,16,21H,4,14-15H2,1-3H3,(H,23,24). The van der Waals surface area contributed by atoms with Crippen molar-refractivity contribution >= 4 is 11.9 Å². The largest absolute Gasteiger partial charge is 0.483 e. The van der Waals surface area contributed by atoms with Gasteiger partial charge < -0.3 is 14.8 Å². The number of esters is 1. The van der Waals surface area contributed by atoms with Crippen molar-refractivity contribution in [1.29, 1.82) is 0 Å². The highest BCUT2D eigenvalue weighted by atomic mass is 16.5. The summed E-state index contributed by atoms with van der Waals surface area (Å²) in [6.45, 7) is 3.71. The summed E-state index contributed by atoms with van der Waals surface area (Å²) in [6, 6.07) is 17.0. The molecule has 0 saturated heterocycles. The van der Waals surface area contributed by atoms with E-state index in [1.165, 1.54) is 12.7 Å². The summed E-state index contributed by atoms with van der Waals surface area (Å²) in [4.78, 5) is 24.2. The van der Waals surface area contributed by atoms with Crippen molar-refractivity contribution in [2.45, 2.75) is 32.7 Å². The zero-order valence-electron chi connectivity index (χ0n) is 16.1. The molecule has 5 heteroatoms. The maximum atomic E-state index is 12.3. The van der Waals surface area contributed by atoms with Crippen LogP contribution in [0.1, 0.15) is 31.4 Å². The molecule has 0 heterocycles. The highest BCUT2D eigenvalue weighted by molar-refractivity contribution is 5.85. The van der Waals surface area contributed by atoms with Crippen LogP contribution in [0.3, 0.4) is 0 Å². The molecule has 0 aliphatic carbocycles. The number of amides is 1. The van der Waals surface area contributed by atoms with Gasteiger partial charge in [0.15, 0.2) is 6.61 Å². The van der Waals surface area contributed by atoms with Gasteiger partial charge in [-0.2, -0.15) is 0 Å². The average Bonchev–Trinajstić information content (AvgIpc) is 2.71. The number of nitrogens with one attached hydrogen (secondary N) is 1. The van der Waals surface area contributed by atoms with E-state index in [1.807, 2.05) is 56.3 Å². The van der Waals surface area contributed by atoms with Gasteiger partial charge >= 0.3 is 5.97 Å². The Morgan fingerprint density at radius 1 is 1.04 bits per heavy atom. The van der Waals surface area contributed by atoms with Gasteiger partial charge in [0.1, 0.15) is 11.8 Å². The summed E-state index contributed by atoms with van der Waals surface area (Å²) >= 11 is 0. The first kappa shape index (κ1) is 20.5. The molecule has 2 aromatic carbocycles. The Balaban J connectivity index is 1.99. The summed E-state index contributed by atoms with van der Waals surface area (Å²) in [6.07, 6.45) is 1.47. The van der Waals surface area contributed by atoms with E-state index >= 15 is 0 Å². The maximum absolute atomic E-state index is 12.3. The molecule has 2 atom stereocenters. The first-order valence-corrected chi connectivity index (χ1v) is 9.17. The minimum Gasteiger partial charge on any atom is -0.483 e.